The number of anilines is 3. The van der Waals surface area contributed by atoms with Gasteiger partial charge in [0.05, 0.1) is 17.4 Å². The van der Waals surface area contributed by atoms with Crippen LogP contribution < -0.4 is 16.4 Å². The van der Waals surface area contributed by atoms with Gasteiger partial charge in [0.25, 0.3) is 5.91 Å². The Kier molecular flexibility index (Phi) is 5.33. The quantitative estimate of drug-likeness (QED) is 0.588. The number of primary amides is 1. The molecule has 3 aromatic rings. The van der Waals surface area contributed by atoms with Crippen molar-refractivity contribution in [2.24, 2.45) is 12.8 Å². The number of hydrogen-bond donors (Lipinski definition) is 3. The minimum Gasteiger partial charge on any atom is -0.369 e. The van der Waals surface area contributed by atoms with Gasteiger partial charge in [-0.25, -0.2) is 4.98 Å². The highest BCUT2D eigenvalue weighted by Crippen LogP contribution is 2.17. The van der Waals surface area contributed by atoms with Crippen LogP contribution in [0, 0.1) is 0 Å². The fourth-order valence-electron chi connectivity index (χ4n) is 2.39. The fraction of sp³-hybridized carbons (Fsp3) is 0.176. The minimum absolute atomic E-state index is 0.229. The Morgan fingerprint density at radius 1 is 1.35 bits per heavy atom. The van der Waals surface area contributed by atoms with Crippen molar-refractivity contribution in [3.05, 3.63) is 59.0 Å². The third kappa shape index (κ3) is 4.48. The molecule has 4 N–H and O–H groups in total. The predicted octanol–water partition coefficient (Wildman–Crippen LogP) is 2.36. The van der Waals surface area contributed by atoms with Crippen molar-refractivity contribution in [2.75, 3.05) is 17.2 Å². The number of nitrogens with two attached hydrogens (primary N) is 1. The Labute approximate surface area is 155 Å². The number of rotatable bonds is 7. The third-order valence-corrected chi connectivity index (χ3v) is 3.85. The SMILES string of the molecule is Cn1cc(Nc2ncc(C(N)=O)c(NCCc3cccc(Cl)c3)n2)cn1. The summed E-state index contributed by atoms with van der Waals surface area (Å²) in [6.07, 6.45) is 5.55. The molecule has 2 heterocycles. The molecule has 0 bridgehead atoms. The molecular formula is C17H18ClN7O. The molecule has 0 atom stereocenters. The monoisotopic (exact) mass is 371 g/mol. The van der Waals surface area contributed by atoms with E-state index in [1.54, 1.807) is 17.1 Å². The van der Waals surface area contributed by atoms with Crippen molar-refractivity contribution < 1.29 is 4.79 Å². The summed E-state index contributed by atoms with van der Waals surface area (Å²) >= 11 is 5.99. The molecule has 2 aromatic heterocycles. The molecule has 3 rings (SSSR count). The number of aromatic nitrogens is 4. The third-order valence-electron chi connectivity index (χ3n) is 3.61. The number of aryl methyl sites for hydroxylation is 1. The van der Waals surface area contributed by atoms with E-state index in [0.29, 0.717) is 29.8 Å². The lowest BCUT2D eigenvalue weighted by atomic mass is 10.1. The summed E-state index contributed by atoms with van der Waals surface area (Å²) in [4.78, 5) is 20.1. The van der Waals surface area contributed by atoms with Crippen LogP contribution in [0.1, 0.15) is 15.9 Å². The van der Waals surface area contributed by atoms with Gasteiger partial charge in [-0.05, 0) is 24.1 Å². The number of halogens is 1. The second-order valence-electron chi connectivity index (χ2n) is 5.65. The lowest BCUT2D eigenvalue weighted by Crippen LogP contribution is -2.18. The van der Waals surface area contributed by atoms with E-state index in [1.165, 1.54) is 6.20 Å². The zero-order valence-electron chi connectivity index (χ0n) is 14.1. The van der Waals surface area contributed by atoms with Gasteiger partial charge in [0.1, 0.15) is 5.82 Å². The van der Waals surface area contributed by atoms with Crippen molar-refractivity contribution in [3.63, 3.8) is 0 Å². The van der Waals surface area contributed by atoms with Crippen LogP contribution in [0.15, 0.2) is 42.9 Å². The number of carbonyl (C=O) groups is 1. The van der Waals surface area contributed by atoms with Crippen molar-refractivity contribution in [3.8, 4) is 0 Å². The summed E-state index contributed by atoms with van der Waals surface area (Å²) in [5.74, 6) is 0.123. The van der Waals surface area contributed by atoms with Gasteiger partial charge in [-0.15, -0.1) is 0 Å². The maximum absolute atomic E-state index is 11.6. The zero-order valence-corrected chi connectivity index (χ0v) is 14.9. The van der Waals surface area contributed by atoms with Crippen LogP contribution >= 0.6 is 11.6 Å². The first kappa shape index (κ1) is 17.7. The molecule has 0 radical (unpaired) electrons. The molecule has 0 aliphatic heterocycles. The molecule has 0 unspecified atom stereocenters. The highest BCUT2D eigenvalue weighted by molar-refractivity contribution is 6.30. The normalized spacial score (nSPS) is 10.5. The standard InChI is InChI=1S/C17H18ClN7O/c1-25-10-13(8-22-25)23-17-21-9-14(15(19)26)16(24-17)20-6-5-11-3-2-4-12(18)7-11/h2-4,7-10H,5-6H2,1H3,(H2,19,26)(H2,20,21,23,24). The van der Waals surface area contributed by atoms with E-state index in [1.807, 2.05) is 31.3 Å². The lowest BCUT2D eigenvalue weighted by molar-refractivity contribution is 0.100. The van der Waals surface area contributed by atoms with E-state index < -0.39 is 5.91 Å². The second kappa shape index (κ2) is 7.83. The van der Waals surface area contributed by atoms with Crippen LogP contribution in [-0.2, 0) is 13.5 Å². The summed E-state index contributed by atoms with van der Waals surface area (Å²) in [6.45, 7) is 0.559. The van der Waals surface area contributed by atoms with Gasteiger partial charge in [0.2, 0.25) is 5.95 Å². The number of hydrogen-bond acceptors (Lipinski definition) is 6. The highest BCUT2D eigenvalue weighted by Gasteiger charge is 2.12. The van der Waals surface area contributed by atoms with Crippen LogP contribution in [0.5, 0.6) is 0 Å². The predicted molar refractivity (Wildman–Crippen MR) is 101 cm³/mol. The molecule has 0 saturated carbocycles. The van der Waals surface area contributed by atoms with Crippen molar-refractivity contribution >= 4 is 35.0 Å². The molecule has 0 spiro atoms. The van der Waals surface area contributed by atoms with E-state index in [-0.39, 0.29) is 5.56 Å². The molecule has 0 aliphatic rings. The smallest absolute Gasteiger partial charge is 0.254 e. The summed E-state index contributed by atoms with van der Waals surface area (Å²) in [7, 11) is 1.81. The first-order valence-electron chi connectivity index (χ1n) is 7.92. The number of benzene rings is 1. The summed E-state index contributed by atoms with van der Waals surface area (Å²) < 4.78 is 1.66. The van der Waals surface area contributed by atoms with Crippen LogP contribution in [0.2, 0.25) is 5.02 Å². The Hall–Kier alpha value is -3.13. The first-order chi connectivity index (χ1) is 12.5. The molecule has 9 heteroatoms. The Bertz CT molecular complexity index is 925. The lowest BCUT2D eigenvalue weighted by Gasteiger charge is -2.11. The van der Waals surface area contributed by atoms with Gasteiger partial charge in [-0.1, -0.05) is 23.7 Å². The molecule has 0 aliphatic carbocycles. The average molecular weight is 372 g/mol. The van der Waals surface area contributed by atoms with Gasteiger partial charge < -0.3 is 16.4 Å². The maximum Gasteiger partial charge on any atom is 0.254 e. The molecule has 1 amide bonds. The second-order valence-corrected chi connectivity index (χ2v) is 6.09. The number of nitrogens with one attached hydrogen (secondary N) is 2. The number of nitrogens with zero attached hydrogens (tertiary/aromatic N) is 4. The molecule has 134 valence electrons. The van der Waals surface area contributed by atoms with Gasteiger partial charge in [-0.2, -0.15) is 10.1 Å². The molecule has 26 heavy (non-hydrogen) atoms. The van der Waals surface area contributed by atoms with Crippen LogP contribution in [-0.4, -0.2) is 32.2 Å². The molecule has 8 nitrogen and oxygen atoms in total. The Morgan fingerprint density at radius 3 is 2.88 bits per heavy atom. The molecule has 1 aromatic carbocycles. The van der Waals surface area contributed by atoms with Gasteiger partial charge >= 0.3 is 0 Å². The fourth-order valence-corrected chi connectivity index (χ4v) is 2.60. The van der Waals surface area contributed by atoms with Crippen molar-refractivity contribution in [1.82, 2.24) is 19.7 Å². The molecule has 0 saturated heterocycles. The first-order valence-corrected chi connectivity index (χ1v) is 8.30. The minimum atomic E-state index is -0.594. The molecule has 0 fully saturated rings. The highest BCUT2D eigenvalue weighted by atomic mass is 35.5. The zero-order chi connectivity index (χ0) is 18.5. The van der Waals surface area contributed by atoms with Crippen molar-refractivity contribution in [2.45, 2.75) is 6.42 Å². The Morgan fingerprint density at radius 2 is 2.19 bits per heavy atom. The van der Waals surface area contributed by atoms with Crippen molar-refractivity contribution in [1.29, 1.82) is 0 Å². The molecular weight excluding hydrogens is 354 g/mol. The summed E-state index contributed by atoms with van der Waals surface area (Å²) in [6, 6.07) is 7.60. The number of amides is 1. The largest absolute Gasteiger partial charge is 0.369 e. The van der Waals surface area contributed by atoms with Crippen LogP contribution in [0.3, 0.4) is 0 Å². The van der Waals surface area contributed by atoms with E-state index in [2.05, 4.69) is 25.7 Å². The van der Waals surface area contributed by atoms with Gasteiger partial charge in [0, 0.05) is 31.0 Å². The van der Waals surface area contributed by atoms with Gasteiger partial charge in [0.15, 0.2) is 0 Å². The summed E-state index contributed by atoms with van der Waals surface area (Å²) in [5.41, 5.74) is 7.46. The van der Waals surface area contributed by atoms with Gasteiger partial charge in [-0.3, -0.25) is 9.48 Å². The number of carbonyl (C=O) groups excluding carboxylic acids is 1. The topological polar surface area (TPSA) is 111 Å². The van der Waals surface area contributed by atoms with Crippen LogP contribution in [0.25, 0.3) is 0 Å². The van der Waals surface area contributed by atoms with Crippen LogP contribution in [0.4, 0.5) is 17.5 Å². The maximum atomic E-state index is 11.6. The average Bonchev–Trinajstić information content (AvgIpc) is 3.00. The van der Waals surface area contributed by atoms with E-state index in [4.69, 9.17) is 17.3 Å². The summed E-state index contributed by atoms with van der Waals surface area (Å²) in [5, 5.41) is 10.9. The van der Waals surface area contributed by atoms with E-state index >= 15 is 0 Å². The van der Waals surface area contributed by atoms with E-state index in [0.717, 1.165) is 11.3 Å². The Balaban J connectivity index is 1.72. The van der Waals surface area contributed by atoms with E-state index in [9.17, 15) is 4.79 Å².